The van der Waals surface area contributed by atoms with Crippen LogP contribution in [0.3, 0.4) is 0 Å². The molecule has 0 fully saturated rings. The number of aromatic nitrogens is 1. The maximum absolute atomic E-state index is 12.2. The number of unbranched alkanes of at least 4 members (excludes halogenated alkanes) is 2. The van der Waals surface area contributed by atoms with Crippen molar-refractivity contribution in [2.45, 2.75) is 37.3 Å². The average Bonchev–Trinajstić information content (AvgIpc) is 2.79. The second-order valence-corrected chi connectivity index (χ2v) is 9.19. The third kappa shape index (κ3) is 9.69. The zero-order valence-electron chi connectivity index (χ0n) is 17.3. The standard InChI is InChI=1S/C21H28N4O4S2/c26-16-18-9-8-17(15-19(18)25(28)29)21(27)24-13-4-1-3-10-22-11-6-14-30-31-20-7-2-5-12-23-20/h2,5,7-9,12,15,22,26H,1,3-4,6,10-11,13-14,16H2,(H,24,27). The number of nitro benzene ring substituents is 1. The largest absolute Gasteiger partial charge is 0.391 e. The topological polar surface area (TPSA) is 117 Å². The maximum atomic E-state index is 12.2. The minimum absolute atomic E-state index is 0.194. The lowest BCUT2D eigenvalue weighted by molar-refractivity contribution is -0.385. The minimum Gasteiger partial charge on any atom is -0.391 e. The van der Waals surface area contributed by atoms with Crippen LogP contribution < -0.4 is 10.6 Å². The van der Waals surface area contributed by atoms with Crippen LogP contribution in [0.15, 0.2) is 47.6 Å². The van der Waals surface area contributed by atoms with E-state index in [2.05, 4.69) is 15.6 Å². The molecular weight excluding hydrogens is 436 g/mol. The highest BCUT2D eigenvalue weighted by molar-refractivity contribution is 8.76. The summed E-state index contributed by atoms with van der Waals surface area (Å²) >= 11 is 0. The fourth-order valence-corrected chi connectivity index (χ4v) is 4.71. The van der Waals surface area contributed by atoms with E-state index in [-0.39, 0.29) is 22.7 Å². The van der Waals surface area contributed by atoms with Crippen LogP contribution in [0.25, 0.3) is 0 Å². The Morgan fingerprint density at radius 1 is 1.10 bits per heavy atom. The summed E-state index contributed by atoms with van der Waals surface area (Å²) in [5.41, 5.74) is 0.180. The van der Waals surface area contributed by atoms with Gasteiger partial charge >= 0.3 is 0 Å². The molecule has 1 aromatic carbocycles. The van der Waals surface area contributed by atoms with Gasteiger partial charge in [-0.1, -0.05) is 23.3 Å². The molecule has 1 aromatic heterocycles. The molecule has 0 aliphatic heterocycles. The van der Waals surface area contributed by atoms with Crippen molar-refractivity contribution in [3.63, 3.8) is 0 Å². The van der Waals surface area contributed by atoms with Crippen molar-refractivity contribution in [1.82, 2.24) is 15.6 Å². The van der Waals surface area contributed by atoms with Gasteiger partial charge in [0.1, 0.15) is 5.03 Å². The Bertz CT molecular complexity index is 824. The molecule has 168 valence electrons. The number of aliphatic hydroxyl groups excluding tert-OH is 1. The summed E-state index contributed by atoms with van der Waals surface area (Å²) in [7, 11) is 3.51. The Kier molecular flexibility index (Phi) is 12.0. The van der Waals surface area contributed by atoms with Crippen molar-refractivity contribution in [2.75, 3.05) is 25.4 Å². The normalized spacial score (nSPS) is 10.7. The third-order valence-electron chi connectivity index (χ3n) is 4.39. The lowest BCUT2D eigenvalue weighted by atomic mass is 10.1. The van der Waals surface area contributed by atoms with E-state index in [9.17, 15) is 14.9 Å². The number of pyridine rings is 1. The lowest BCUT2D eigenvalue weighted by Gasteiger charge is -2.07. The molecule has 10 heteroatoms. The van der Waals surface area contributed by atoms with Gasteiger partial charge in [-0.2, -0.15) is 0 Å². The zero-order chi connectivity index (χ0) is 22.3. The van der Waals surface area contributed by atoms with Gasteiger partial charge in [-0.25, -0.2) is 4.98 Å². The van der Waals surface area contributed by atoms with E-state index in [1.165, 1.54) is 18.2 Å². The highest BCUT2D eigenvalue weighted by Crippen LogP contribution is 2.29. The highest BCUT2D eigenvalue weighted by Gasteiger charge is 2.16. The minimum atomic E-state index is -0.590. The molecule has 1 amide bonds. The molecule has 8 nitrogen and oxygen atoms in total. The molecule has 0 spiro atoms. The molecule has 0 aliphatic rings. The SMILES string of the molecule is O=C(NCCCCCNCCCSSc1ccccn1)c1ccc(CO)c([N+](=O)[O-])c1. The predicted octanol–water partition coefficient (Wildman–Crippen LogP) is 3.80. The van der Waals surface area contributed by atoms with Gasteiger partial charge in [-0.3, -0.25) is 14.9 Å². The molecule has 0 bridgehead atoms. The van der Waals surface area contributed by atoms with E-state index in [1.54, 1.807) is 17.0 Å². The first-order valence-corrected chi connectivity index (χ1v) is 12.5. The van der Waals surface area contributed by atoms with Gasteiger partial charge in [0, 0.05) is 30.1 Å². The number of nitrogens with zero attached hydrogens (tertiary/aromatic N) is 2. The average molecular weight is 465 g/mol. The smallest absolute Gasteiger partial charge is 0.275 e. The summed E-state index contributed by atoms with van der Waals surface area (Å²) in [6.45, 7) is 2.01. The highest BCUT2D eigenvalue weighted by atomic mass is 33.1. The number of carbonyl (C=O) groups is 1. The summed E-state index contributed by atoms with van der Waals surface area (Å²) in [6.07, 6.45) is 5.77. The van der Waals surface area contributed by atoms with Crippen LogP contribution >= 0.6 is 21.6 Å². The first kappa shape index (κ1) is 25.1. The van der Waals surface area contributed by atoms with Crippen LogP contribution in [0.2, 0.25) is 0 Å². The molecule has 0 radical (unpaired) electrons. The van der Waals surface area contributed by atoms with Crippen molar-refractivity contribution < 1.29 is 14.8 Å². The van der Waals surface area contributed by atoms with Gasteiger partial charge in [0.2, 0.25) is 0 Å². The molecule has 3 N–H and O–H groups in total. The molecule has 0 saturated heterocycles. The Labute approximate surface area is 190 Å². The van der Waals surface area contributed by atoms with Crippen molar-refractivity contribution in [3.8, 4) is 0 Å². The molecule has 0 aliphatic carbocycles. The Morgan fingerprint density at radius 3 is 2.65 bits per heavy atom. The second kappa shape index (κ2) is 14.8. The van der Waals surface area contributed by atoms with E-state index >= 15 is 0 Å². The lowest BCUT2D eigenvalue weighted by Crippen LogP contribution is -2.25. The number of aliphatic hydroxyl groups is 1. The van der Waals surface area contributed by atoms with Crippen molar-refractivity contribution >= 4 is 33.2 Å². The second-order valence-electron chi connectivity index (χ2n) is 6.75. The number of nitrogens with one attached hydrogen (secondary N) is 2. The van der Waals surface area contributed by atoms with Crippen LogP contribution in [-0.4, -0.2) is 46.3 Å². The summed E-state index contributed by atoms with van der Waals surface area (Å²) in [5, 5.41) is 27.4. The Balaban J connectivity index is 1.47. The van der Waals surface area contributed by atoms with E-state index in [0.29, 0.717) is 6.54 Å². The molecule has 2 rings (SSSR count). The quantitative estimate of drug-likeness (QED) is 0.158. The van der Waals surface area contributed by atoms with Crippen molar-refractivity contribution in [2.24, 2.45) is 0 Å². The molecular formula is C21H28N4O4S2. The van der Waals surface area contributed by atoms with Gasteiger partial charge in [-0.15, -0.1) is 0 Å². The van der Waals surface area contributed by atoms with Gasteiger partial charge in [0.15, 0.2) is 0 Å². The van der Waals surface area contributed by atoms with Crippen molar-refractivity contribution in [1.29, 1.82) is 0 Å². The third-order valence-corrected chi connectivity index (χ3v) is 6.74. The summed E-state index contributed by atoms with van der Waals surface area (Å²) in [6, 6.07) is 10.0. The Hall–Kier alpha value is -2.14. The first-order valence-electron chi connectivity index (χ1n) is 10.2. The first-order chi connectivity index (χ1) is 15.1. The maximum Gasteiger partial charge on any atom is 0.275 e. The molecule has 31 heavy (non-hydrogen) atoms. The molecule has 2 aromatic rings. The van der Waals surface area contributed by atoms with Crippen LogP contribution in [0, 0.1) is 10.1 Å². The van der Waals surface area contributed by atoms with E-state index in [1.807, 2.05) is 29.0 Å². The van der Waals surface area contributed by atoms with Gasteiger partial charge in [-0.05, 0) is 67.4 Å². The summed E-state index contributed by atoms with van der Waals surface area (Å²) in [4.78, 5) is 26.9. The number of rotatable bonds is 15. The van der Waals surface area contributed by atoms with E-state index in [4.69, 9.17) is 5.11 Å². The molecule has 0 atom stereocenters. The number of hydrogen-bond acceptors (Lipinski definition) is 8. The van der Waals surface area contributed by atoms with E-state index < -0.39 is 11.5 Å². The zero-order valence-corrected chi connectivity index (χ0v) is 18.9. The molecule has 1 heterocycles. The van der Waals surface area contributed by atoms with Gasteiger partial charge in [0.05, 0.1) is 17.1 Å². The van der Waals surface area contributed by atoms with Crippen molar-refractivity contribution in [3.05, 3.63) is 63.8 Å². The molecule has 0 unspecified atom stereocenters. The fraction of sp³-hybridized carbons (Fsp3) is 0.429. The van der Waals surface area contributed by atoms with Crippen LogP contribution in [0.4, 0.5) is 5.69 Å². The fourth-order valence-electron chi connectivity index (χ4n) is 2.74. The van der Waals surface area contributed by atoms with Gasteiger partial charge in [0.25, 0.3) is 11.6 Å². The number of nitro groups is 1. The monoisotopic (exact) mass is 464 g/mol. The summed E-state index contributed by atoms with van der Waals surface area (Å²) in [5.74, 6) is 0.726. The summed E-state index contributed by atoms with van der Waals surface area (Å²) < 4.78 is 0. The number of amides is 1. The Morgan fingerprint density at radius 2 is 1.90 bits per heavy atom. The number of carbonyl (C=O) groups excluding carboxylic acids is 1. The number of benzene rings is 1. The molecule has 0 saturated carbocycles. The van der Waals surface area contributed by atoms with Crippen LogP contribution in [-0.2, 0) is 6.61 Å². The van der Waals surface area contributed by atoms with Gasteiger partial charge < -0.3 is 15.7 Å². The van der Waals surface area contributed by atoms with E-state index in [0.717, 1.165) is 49.6 Å². The number of hydrogen-bond donors (Lipinski definition) is 3. The van der Waals surface area contributed by atoms with Crippen LogP contribution in [0.1, 0.15) is 41.6 Å². The van der Waals surface area contributed by atoms with Crippen LogP contribution in [0.5, 0.6) is 0 Å². The predicted molar refractivity (Wildman–Crippen MR) is 125 cm³/mol.